The Balaban J connectivity index is 1.50. The predicted molar refractivity (Wildman–Crippen MR) is 98.9 cm³/mol. The maximum Gasteiger partial charge on any atom is 0.255 e. The Labute approximate surface area is 154 Å². The zero-order valence-electron chi connectivity index (χ0n) is 15.2. The molecule has 1 aliphatic heterocycles. The Kier molecular flexibility index (Phi) is 4.98. The number of carbonyl (C=O) groups is 1. The summed E-state index contributed by atoms with van der Waals surface area (Å²) in [5.41, 5.74) is 2.51. The van der Waals surface area contributed by atoms with Gasteiger partial charge in [0.2, 0.25) is 0 Å². The number of pyridine rings is 2. The van der Waals surface area contributed by atoms with Crippen LogP contribution >= 0.6 is 0 Å². The molecule has 5 heteroatoms. The third-order valence-corrected chi connectivity index (χ3v) is 5.42. The van der Waals surface area contributed by atoms with Crippen molar-refractivity contribution in [2.45, 2.75) is 25.7 Å². The van der Waals surface area contributed by atoms with E-state index in [1.807, 2.05) is 42.3 Å². The molecule has 2 aliphatic rings. The molecule has 26 heavy (non-hydrogen) atoms. The number of likely N-dealkylation sites (tertiary alicyclic amines) is 1. The fraction of sp³-hybridized carbons (Fsp3) is 0.476. The van der Waals surface area contributed by atoms with E-state index in [-0.39, 0.29) is 17.7 Å². The molecular weight excluding hydrogens is 326 g/mol. The summed E-state index contributed by atoms with van der Waals surface area (Å²) in [7, 11) is 0. The Morgan fingerprint density at radius 2 is 1.96 bits per heavy atom. The van der Waals surface area contributed by atoms with Crippen LogP contribution in [-0.4, -0.2) is 47.1 Å². The van der Waals surface area contributed by atoms with Crippen LogP contribution in [0.3, 0.4) is 0 Å². The summed E-state index contributed by atoms with van der Waals surface area (Å²) >= 11 is 0. The fourth-order valence-corrected chi connectivity index (χ4v) is 3.69. The Morgan fingerprint density at radius 1 is 1.12 bits per heavy atom. The lowest BCUT2D eigenvalue weighted by Gasteiger charge is -2.17. The normalized spacial score (nSPS) is 22.6. The summed E-state index contributed by atoms with van der Waals surface area (Å²) in [6.07, 6.45) is 6.13. The largest absolute Gasteiger partial charge is 0.381 e. The van der Waals surface area contributed by atoms with Crippen molar-refractivity contribution in [3.63, 3.8) is 0 Å². The SMILES string of the molecule is Cc1ncccc1C(=O)N1CC(COCC2CC2)C(c2ccccn2)C1. The number of nitrogens with zero attached hydrogens (tertiary/aromatic N) is 3. The molecule has 136 valence electrons. The second-order valence-corrected chi connectivity index (χ2v) is 7.45. The smallest absolute Gasteiger partial charge is 0.255 e. The molecule has 0 N–H and O–H groups in total. The van der Waals surface area contributed by atoms with E-state index in [1.54, 1.807) is 6.20 Å². The van der Waals surface area contributed by atoms with Gasteiger partial charge in [0.15, 0.2) is 0 Å². The minimum absolute atomic E-state index is 0.0567. The van der Waals surface area contributed by atoms with Gasteiger partial charge in [0.25, 0.3) is 5.91 Å². The Bertz CT molecular complexity index is 761. The second-order valence-electron chi connectivity index (χ2n) is 7.45. The number of hydrogen-bond acceptors (Lipinski definition) is 4. The van der Waals surface area contributed by atoms with Crippen LogP contribution in [0.15, 0.2) is 42.7 Å². The van der Waals surface area contributed by atoms with E-state index in [9.17, 15) is 4.79 Å². The van der Waals surface area contributed by atoms with Gasteiger partial charge in [-0.2, -0.15) is 0 Å². The average Bonchev–Trinajstić information content (AvgIpc) is 3.39. The predicted octanol–water partition coefficient (Wildman–Crippen LogP) is 3.07. The van der Waals surface area contributed by atoms with E-state index >= 15 is 0 Å². The lowest BCUT2D eigenvalue weighted by molar-refractivity contribution is 0.0738. The highest BCUT2D eigenvalue weighted by Crippen LogP contribution is 2.34. The Morgan fingerprint density at radius 3 is 2.69 bits per heavy atom. The van der Waals surface area contributed by atoms with Gasteiger partial charge in [0.1, 0.15) is 0 Å². The van der Waals surface area contributed by atoms with E-state index in [4.69, 9.17) is 4.74 Å². The minimum Gasteiger partial charge on any atom is -0.381 e. The molecule has 1 saturated carbocycles. The van der Waals surface area contributed by atoms with Crippen molar-refractivity contribution >= 4 is 5.91 Å². The summed E-state index contributed by atoms with van der Waals surface area (Å²) < 4.78 is 5.97. The van der Waals surface area contributed by atoms with E-state index in [1.165, 1.54) is 12.8 Å². The standard InChI is InChI=1S/C21H25N3O2/c1-15-18(5-4-10-22-15)21(25)24-11-17(14-26-13-16-7-8-16)19(12-24)20-6-2-3-9-23-20/h2-6,9-10,16-17,19H,7-8,11-14H2,1H3. The molecule has 2 atom stereocenters. The summed E-state index contributed by atoms with van der Waals surface area (Å²) in [5.74, 6) is 1.31. The summed E-state index contributed by atoms with van der Waals surface area (Å²) in [5, 5.41) is 0. The van der Waals surface area contributed by atoms with Crippen LogP contribution < -0.4 is 0 Å². The first-order valence-electron chi connectivity index (χ1n) is 9.42. The minimum atomic E-state index is 0.0567. The molecular formula is C21H25N3O2. The highest BCUT2D eigenvalue weighted by atomic mass is 16.5. The monoisotopic (exact) mass is 351 g/mol. The van der Waals surface area contributed by atoms with E-state index in [0.29, 0.717) is 25.3 Å². The summed E-state index contributed by atoms with van der Waals surface area (Å²) in [6, 6.07) is 9.68. The van der Waals surface area contributed by atoms with Crippen molar-refractivity contribution in [2.24, 2.45) is 11.8 Å². The second kappa shape index (κ2) is 7.54. The fourth-order valence-electron chi connectivity index (χ4n) is 3.69. The van der Waals surface area contributed by atoms with E-state index < -0.39 is 0 Å². The van der Waals surface area contributed by atoms with Gasteiger partial charge in [-0.25, -0.2) is 0 Å². The lowest BCUT2D eigenvalue weighted by atomic mass is 9.93. The molecule has 0 spiro atoms. The van der Waals surface area contributed by atoms with Crippen molar-refractivity contribution in [1.82, 2.24) is 14.9 Å². The maximum absolute atomic E-state index is 13.0. The van der Waals surface area contributed by atoms with Crippen molar-refractivity contribution in [2.75, 3.05) is 26.3 Å². The summed E-state index contributed by atoms with van der Waals surface area (Å²) in [6.45, 7) is 4.81. The zero-order chi connectivity index (χ0) is 17.9. The molecule has 1 saturated heterocycles. The average molecular weight is 351 g/mol. The van der Waals surface area contributed by atoms with E-state index in [0.717, 1.165) is 23.9 Å². The molecule has 1 aliphatic carbocycles. The zero-order valence-corrected chi connectivity index (χ0v) is 15.2. The Hall–Kier alpha value is -2.27. The van der Waals surface area contributed by atoms with Crippen LogP contribution in [-0.2, 0) is 4.74 Å². The molecule has 2 aromatic rings. The number of carbonyl (C=O) groups excluding carboxylic acids is 1. The number of rotatable bonds is 6. The van der Waals surface area contributed by atoms with Crippen molar-refractivity contribution in [1.29, 1.82) is 0 Å². The number of hydrogen-bond donors (Lipinski definition) is 0. The maximum atomic E-state index is 13.0. The molecule has 2 unspecified atom stereocenters. The van der Waals surface area contributed by atoms with Gasteiger partial charge in [-0.15, -0.1) is 0 Å². The first-order valence-corrected chi connectivity index (χ1v) is 9.42. The molecule has 0 bridgehead atoms. The molecule has 3 heterocycles. The quantitative estimate of drug-likeness (QED) is 0.803. The molecule has 5 nitrogen and oxygen atoms in total. The topological polar surface area (TPSA) is 55.3 Å². The molecule has 0 radical (unpaired) electrons. The van der Waals surface area contributed by atoms with Gasteiger partial charge in [0.05, 0.1) is 12.2 Å². The van der Waals surface area contributed by atoms with Crippen molar-refractivity contribution < 1.29 is 9.53 Å². The van der Waals surface area contributed by atoms with Crippen LogP contribution in [0.4, 0.5) is 0 Å². The molecule has 0 aromatic carbocycles. The van der Waals surface area contributed by atoms with Gasteiger partial charge >= 0.3 is 0 Å². The van der Waals surface area contributed by atoms with Crippen LogP contribution in [0.1, 0.15) is 40.5 Å². The number of aromatic nitrogens is 2. The molecule has 2 fully saturated rings. The number of amides is 1. The third-order valence-electron chi connectivity index (χ3n) is 5.42. The molecule has 1 amide bonds. The highest BCUT2D eigenvalue weighted by Gasteiger charge is 2.38. The van der Waals surface area contributed by atoms with Gasteiger partial charge in [0, 0.05) is 55.3 Å². The first kappa shape index (κ1) is 17.2. The third kappa shape index (κ3) is 3.78. The van der Waals surface area contributed by atoms with Crippen LogP contribution in [0.2, 0.25) is 0 Å². The van der Waals surface area contributed by atoms with Crippen LogP contribution in [0.5, 0.6) is 0 Å². The summed E-state index contributed by atoms with van der Waals surface area (Å²) in [4.78, 5) is 23.7. The highest BCUT2D eigenvalue weighted by molar-refractivity contribution is 5.95. The van der Waals surface area contributed by atoms with Crippen molar-refractivity contribution in [3.8, 4) is 0 Å². The van der Waals surface area contributed by atoms with Gasteiger partial charge in [-0.3, -0.25) is 14.8 Å². The lowest BCUT2D eigenvalue weighted by Crippen LogP contribution is -2.30. The molecule has 2 aromatic heterocycles. The van der Waals surface area contributed by atoms with E-state index in [2.05, 4.69) is 16.0 Å². The first-order chi connectivity index (χ1) is 12.7. The van der Waals surface area contributed by atoms with Gasteiger partial charge < -0.3 is 9.64 Å². The van der Waals surface area contributed by atoms with Gasteiger partial charge in [-0.1, -0.05) is 6.07 Å². The van der Waals surface area contributed by atoms with Crippen LogP contribution in [0.25, 0.3) is 0 Å². The van der Waals surface area contributed by atoms with Gasteiger partial charge in [-0.05, 0) is 49.9 Å². The molecule has 4 rings (SSSR count). The van der Waals surface area contributed by atoms with Crippen LogP contribution in [0, 0.1) is 18.8 Å². The van der Waals surface area contributed by atoms with Crippen molar-refractivity contribution in [3.05, 3.63) is 59.7 Å². The number of aryl methyl sites for hydroxylation is 1. The number of ether oxygens (including phenoxy) is 1.